The minimum atomic E-state index is -3.79. The summed E-state index contributed by atoms with van der Waals surface area (Å²) < 4.78 is 34.2. The molecule has 0 unspecified atom stereocenters. The molecule has 0 aliphatic carbocycles. The number of amides is 1. The van der Waals surface area contributed by atoms with Crippen LogP contribution in [0.2, 0.25) is 0 Å². The van der Waals surface area contributed by atoms with Crippen LogP contribution in [-0.4, -0.2) is 60.6 Å². The van der Waals surface area contributed by atoms with Crippen molar-refractivity contribution in [1.82, 2.24) is 9.29 Å². The molecule has 0 radical (unpaired) electrons. The minimum Gasteiger partial charge on any atom is -0.379 e. The first-order valence-corrected chi connectivity index (χ1v) is 13.1. The summed E-state index contributed by atoms with van der Waals surface area (Å²) in [6, 6.07) is 9.28. The van der Waals surface area contributed by atoms with Crippen LogP contribution in [0.15, 0.2) is 45.6 Å². The summed E-state index contributed by atoms with van der Waals surface area (Å²) in [4.78, 5) is 27.5. The maximum Gasteiger partial charge on any atom is 0.270 e. The van der Waals surface area contributed by atoms with Crippen LogP contribution in [0.3, 0.4) is 0 Å². The Morgan fingerprint density at radius 1 is 1.27 bits per heavy atom. The van der Waals surface area contributed by atoms with Gasteiger partial charge in [-0.2, -0.15) is 4.31 Å². The Balaban J connectivity index is 1.48. The Morgan fingerprint density at radius 2 is 2.03 bits per heavy atom. The van der Waals surface area contributed by atoms with E-state index >= 15 is 0 Å². The van der Waals surface area contributed by atoms with Gasteiger partial charge in [0.2, 0.25) is 15.9 Å². The Kier molecular flexibility index (Phi) is 6.95. The summed E-state index contributed by atoms with van der Waals surface area (Å²) in [6.07, 6.45) is 0. The second-order valence-corrected chi connectivity index (χ2v) is 11.4. The highest BCUT2D eigenvalue weighted by Gasteiger charge is 2.29. The number of carbonyl (C=O) groups excluding carboxylic acids is 1. The SMILES string of the molecule is Cc1ccc(NC(=O)CSc2nc3ccc([N+](=O)[O-])cc3s2)c(S(=O)(=O)N2CCOCC2)c1. The number of thioether (sulfide) groups is 1. The van der Waals surface area contributed by atoms with E-state index in [0.717, 1.165) is 5.56 Å². The number of nitro groups is 1. The molecule has 1 fully saturated rings. The van der Waals surface area contributed by atoms with Gasteiger partial charge in [-0.15, -0.1) is 11.3 Å². The summed E-state index contributed by atoms with van der Waals surface area (Å²) in [5.74, 6) is -0.375. The number of rotatable bonds is 7. The Morgan fingerprint density at radius 3 is 2.76 bits per heavy atom. The van der Waals surface area contributed by atoms with Crippen LogP contribution in [0.5, 0.6) is 0 Å². The number of hydrogen-bond acceptors (Lipinski definition) is 9. The van der Waals surface area contributed by atoms with Gasteiger partial charge in [-0.1, -0.05) is 17.8 Å². The largest absolute Gasteiger partial charge is 0.379 e. The lowest BCUT2D eigenvalue weighted by Crippen LogP contribution is -2.41. The number of carbonyl (C=O) groups is 1. The summed E-state index contributed by atoms with van der Waals surface area (Å²) in [5.41, 5.74) is 1.58. The number of ether oxygens (including phenoxy) is 1. The monoisotopic (exact) mass is 508 g/mol. The Bertz CT molecular complexity index is 1320. The summed E-state index contributed by atoms with van der Waals surface area (Å²) >= 11 is 2.44. The molecule has 1 saturated heterocycles. The van der Waals surface area contributed by atoms with Gasteiger partial charge in [-0.05, 0) is 30.7 Å². The van der Waals surface area contributed by atoms with Gasteiger partial charge in [0.05, 0.1) is 39.8 Å². The molecule has 2 aromatic carbocycles. The number of aromatic nitrogens is 1. The fourth-order valence-electron chi connectivity index (χ4n) is 3.25. The van der Waals surface area contributed by atoms with E-state index in [1.54, 1.807) is 31.2 Å². The molecule has 0 atom stereocenters. The fraction of sp³-hybridized carbons (Fsp3) is 0.300. The smallest absolute Gasteiger partial charge is 0.270 e. The number of nitrogens with one attached hydrogen (secondary N) is 1. The van der Waals surface area contributed by atoms with Gasteiger partial charge in [-0.25, -0.2) is 13.4 Å². The number of sulfonamides is 1. The molecule has 1 aliphatic rings. The molecule has 3 aromatic rings. The van der Waals surface area contributed by atoms with E-state index in [0.29, 0.717) is 27.8 Å². The zero-order chi connectivity index (χ0) is 23.6. The van der Waals surface area contributed by atoms with Gasteiger partial charge >= 0.3 is 0 Å². The molecule has 33 heavy (non-hydrogen) atoms. The number of nitro benzene ring substituents is 1. The van der Waals surface area contributed by atoms with Crippen molar-refractivity contribution in [2.75, 3.05) is 37.4 Å². The van der Waals surface area contributed by atoms with Crippen LogP contribution >= 0.6 is 23.1 Å². The predicted octanol–water partition coefficient (Wildman–Crippen LogP) is 3.26. The predicted molar refractivity (Wildman–Crippen MR) is 126 cm³/mol. The molecule has 1 amide bonds. The lowest BCUT2D eigenvalue weighted by Gasteiger charge is -2.27. The minimum absolute atomic E-state index is 0.00678. The quantitative estimate of drug-likeness (QED) is 0.292. The zero-order valence-electron chi connectivity index (χ0n) is 17.5. The van der Waals surface area contributed by atoms with Crippen LogP contribution in [-0.2, 0) is 19.6 Å². The van der Waals surface area contributed by atoms with Gasteiger partial charge in [0, 0.05) is 25.2 Å². The van der Waals surface area contributed by atoms with Gasteiger partial charge < -0.3 is 10.1 Å². The van der Waals surface area contributed by atoms with Gasteiger partial charge in [-0.3, -0.25) is 14.9 Å². The number of aryl methyl sites for hydroxylation is 1. The molecule has 0 spiro atoms. The maximum absolute atomic E-state index is 13.2. The Hall–Kier alpha value is -2.58. The van der Waals surface area contributed by atoms with E-state index in [-0.39, 0.29) is 41.0 Å². The number of nitrogens with zero attached hydrogens (tertiary/aromatic N) is 3. The molecule has 0 bridgehead atoms. The molecule has 1 N–H and O–H groups in total. The first kappa shape index (κ1) is 23.6. The number of anilines is 1. The third-order valence-electron chi connectivity index (χ3n) is 4.89. The molecule has 13 heteroatoms. The number of hydrogen-bond donors (Lipinski definition) is 1. The number of morpholine rings is 1. The van der Waals surface area contributed by atoms with E-state index in [1.165, 1.54) is 39.5 Å². The first-order chi connectivity index (χ1) is 15.7. The fourth-order valence-corrected chi connectivity index (χ4v) is 6.79. The van der Waals surface area contributed by atoms with Crippen LogP contribution in [0.25, 0.3) is 10.2 Å². The molecule has 10 nitrogen and oxygen atoms in total. The number of benzene rings is 2. The van der Waals surface area contributed by atoms with Crippen molar-refractivity contribution in [3.63, 3.8) is 0 Å². The van der Waals surface area contributed by atoms with E-state index in [9.17, 15) is 23.3 Å². The normalized spacial score (nSPS) is 14.9. The van der Waals surface area contributed by atoms with Crippen molar-refractivity contribution in [2.24, 2.45) is 0 Å². The average Bonchev–Trinajstić information content (AvgIpc) is 3.21. The second kappa shape index (κ2) is 9.73. The molecule has 1 aromatic heterocycles. The van der Waals surface area contributed by atoms with Crippen molar-refractivity contribution >= 4 is 60.6 Å². The second-order valence-electron chi connectivity index (χ2n) is 7.24. The lowest BCUT2D eigenvalue weighted by molar-refractivity contribution is -0.384. The van der Waals surface area contributed by atoms with Crippen molar-refractivity contribution in [3.8, 4) is 0 Å². The third-order valence-corrected chi connectivity index (χ3v) is 8.99. The van der Waals surface area contributed by atoms with Crippen LogP contribution in [0.1, 0.15) is 5.56 Å². The van der Waals surface area contributed by atoms with Crippen molar-refractivity contribution in [1.29, 1.82) is 0 Å². The van der Waals surface area contributed by atoms with Crippen molar-refractivity contribution in [2.45, 2.75) is 16.2 Å². The standard InChI is InChI=1S/C20H20N4O6S3/c1-13-2-4-16(18(10-13)33(28,29)23-6-8-30-9-7-23)21-19(25)12-31-20-22-15-5-3-14(24(26)27)11-17(15)32-20/h2-5,10-11H,6-9,12H2,1H3,(H,21,25). The van der Waals surface area contributed by atoms with Crippen LogP contribution in [0.4, 0.5) is 11.4 Å². The molecule has 0 saturated carbocycles. The molecule has 4 rings (SSSR count). The molecular weight excluding hydrogens is 488 g/mol. The summed E-state index contributed by atoms with van der Waals surface area (Å²) in [7, 11) is -3.79. The number of fused-ring (bicyclic) bond motifs is 1. The van der Waals surface area contributed by atoms with E-state index in [4.69, 9.17) is 4.74 Å². The van der Waals surface area contributed by atoms with E-state index < -0.39 is 14.9 Å². The number of non-ortho nitro benzene ring substituents is 1. The van der Waals surface area contributed by atoms with E-state index in [1.807, 2.05) is 0 Å². The molecular formula is C20H20N4O6S3. The Labute approximate surface area is 198 Å². The highest BCUT2D eigenvalue weighted by molar-refractivity contribution is 8.01. The van der Waals surface area contributed by atoms with E-state index in [2.05, 4.69) is 10.3 Å². The van der Waals surface area contributed by atoms with Gasteiger partial charge in [0.25, 0.3) is 5.69 Å². The lowest BCUT2D eigenvalue weighted by atomic mass is 10.2. The van der Waals surface area contributed by atoms with Crippen molar-refractivity contribution in [3.05, 3.63) is 52.1 Å². The average molecular weight is 509 g/mol. The zero-order valence-corrected chi connectivity index (χ0v) is 20.0. The third kappa shape index (κ3) is 5.33. The topological polar surface area (TPSA) is 132 Å². The molecule has 2 heterocycles. The molecule has 1 aliphatic heterocycles. The summed E-state index contributed by atoms with van der Waals surface area (Å²) in [5, 5.41) is 13.6. The van der Waals surface area contributed by atoms with Crippen molar-refractivity contribution < 1.29 is 22.9 Å². The van der Waals surface area contributed by atoms with Crippen LogP contribution in [0, 0.1) is 17.0 Å². The van der Waals surface area contributed by atoms with Crippen LogP contribution < -0.4 is 5.32 Å². The van der Waals surface area contributed by atoms with Gasteiger partial charge in [0.15, 0.2) is 4.34 Å². The molecule has 174 valence electrons. The first-order valence-electron chi connectivity index (χ1n) is 9.90. The van der Waals surface area contributed by atoms with Gasteiger partial charge in [0.1, 0.15) is 4.90 Å². The maximum atomic E-state index is 13.2. The highest BCUT2D eigenvalue weighted by Crippen LogP contribution is 2.32. The summed E-state index contributed by atoms with van der Waals surface area (Å²) in [6.45, 7) is 2.96. The number of thiazole rings is 1. The highest BCUT2D eigenvalue weighted by atomic mass is 32.2.